The number of non-ortho nitro benzene ring substituents is 1. The minimum atomic E-state index is -0.779. The summed E-state index contributed by atoms with van der Waals surface area (Å²) in [6.45, 7) is -0.349. The maximum Gasteiger partial charge on any atom is 0.271 e. The first-order valence-electron chi connectivity index (χ1n) is 9.91. The van der Waals surface area contributed by atoms with Gasteiger partial charge in [-0.3, -0.25) is 19.7 Å². The number of benzene rings is 3. The van der Waals surface area contributed by atoms with E-state index in [-0.39, 0.29) is 39.3 Å². The Hall–Kier alpha value is -4.39. The van der Waals surface area contributed by atoms with Crippen LogP contribution < -0.4 is 15.4 Å². The third-order valence-electron chi connectivity index (χ3n) is 4.42. The number of halogens is 2. The van der Waals surface area contributed by atoms with Crippen LogP contribution in [0.1, 0.15) is 5.56 Å². The van der Waals surface area contributed by atoms with E-state index in [4.69, 9.17) is 27.9 Å². The third kappa shape index (κ3) is 7.04. The second kappa shape index (κ2) is 11.7. The molecule has 0 radical (unpaired) electrons. The summed E-state index contributed by atoms with van der Waals surface area (Å²) in [6.07, 6.45) is 1.25. The van der Waals surface area contributed by atoms with Crippen molar-refractivity contribution < 1.29 is 19.2 Å². The zero-order valence-electron chi connectivity index (χ0n) is 17.8. The van der Waals surface area contributed by atoms with E-state index in [0.29, 0.717) is 11.3 Å². The number of nitriles is 1. The molecule has 0 unspecified atom stereocenters. The quantitative estimate of drug-likeness (QED) is 0.178. The molecule has 11 heteroatoms. The molecule has 0 saturated heterocycles. The molecule has 9 nitrogen and oxygen atoms in total. The molecule has 35 heavy (non-hydrogen) atoms. The van der Waals surface area contributed by atoms with Crippen LogP contribution in [0.4, 0.5) is 17.1 Å². The number of nitrogens with one attached hydrogen (secondary N) is 2. The molecule has 3 aromatic carbocycles. The van der Waals surface area contributed by atoms with Crippen molar-refractivity contribution in [2.45, 2.75) is 0 Å². The van der Waals surface area contributed by atoms with Crippen LogP contribution in [0.3, 0.4) is 0 Å². The van der Waals surface area contributed by atoms with Crippen molar-refractivity contribution in [3.05, 3.63) is 98.0 Å². The number of nitro groups is 1. The fraction of sp³-hybridized carbons (Fsp3) is 0.0417. The van der Waals surface area contributed by atoms with Gasteiger partial charge >= 0.3 is 0 Å². The Balaban J connectivity index is 1.71. The maximum atomic E-state index is 12.5. The second-order valence-electron chi connectivity index (χ2n) is 6.95. The molecule has 0 aliphatic heterocycles. The van der Waals surface area contributed by atoms with Gasteiger partial charge in [-0.1, -0.05) is 47.5 Å². The molecular formula is C24H16Cl2N4O5. The van der Waals surface area contributed by atoms with E-state index in [1.54, 1.807) is 30.3 Å². The number of amides is 2. The summed E-state index contributed by atoms with van der Waals surface area (Å²) < 4.78 is 5.45. The van der Waals surface area contributed by atoms with Crippen molar-refractivity contribution in [3.63, 3.8) is 0 Å². The topological polar surface area (TPSA) is 134 Å². The molecule has 0 heterocycles. The van der Waals surface area contributed by atoms with Gasteiger partial charge in [-0.05, 0) is 42.0 Å². The molecule has 0 aromatic heterocycles. The monoisotopic (exact) mass is 510 g/mol. The molecule has 176 valence electrons. The van der Waals surface area contributed by atoms with Crippen molar-refractivity contribution in [1.29, 1.82) is 5.26 Å². The van der Waals surface area contributed by atoms with Crippen LogP contribution in [0.5, 0.6) is 5.75 Å². The second-order valence-corrected chi connectivity index (χ2v) is 7.76. The molecule has 0 aliphatic rings. The lowest BCUT2D eigenvalue weighted by atomic mass is 10.1. The first-order valence-corrected chi connectivity index (χ1v) is 10.7. The predicted octanol–water partition coefficient (Wildman–Crippen LogP) is 5.46. The highest BCUT2D eigenvalue weighted by Gasteiger charge is 2.15. The van der Waals surface area contributed by atoms with Crippen molar-refractivity contribution in [2.24, 2.45) is 0 Å². The van der Waals surface area contributed by atoms with Crippen molar-refractivity contribution in [2.75, 3.05) is 17.2 Å². The Kier molecular flexibility index (Phi) is 8.40. The minimum absolute atomic E-state index is 0.0626. The fourth-order valence-electron chi connectivity index (χ4n) is 2.87. The predicted molar refractivity (Wildman–Crippen MR) is 132 cm³/mol. The SMILES string of the molecule is N#C/C(=C/c1cc(Cl)c(OCC(=O)Nc2ccccc2)c(Cl)c1)C(=O)Nc1cccc([N+](=O)[O-])c1. The van der Waals surface area contributed by atoms with E-state index in [9.17, 15) is 25.0 Å². The number of ether oxygens (including phenoxy) is 1. The summed E-state index contributed by atoms with van der Waals surface area (Å²) in [5.74, 6) is -1.14. The number of nitrogens with zero attached hydrogens (tertiary/aromatic N) is 2. The van der Waals surface area contributed by atoms with Crippen LogP contribution in [0.25, 0.3) is 6.08 Å². The van der Waals surface area contributed by atoms with Crippen LogP contribution in [0.15, 0.2) is 72.3 Å². The van der Waals surface area contributed by atoms with E-state index in [1.165, 1.54) is 42.5 Å². The molecule has 3 aromatic rings. The van der Waals surface area contributed by atoms with Gasteiger partial charge in [0.15, 0.2) is 12.4 Å². The van der Waals surface area contributed by atoms with Gasteiger partial charge in [-0.25, -0.2) is 0 Å². The molecule has 0 spiro atoms. The summed E-state index contributed by atoms with van der Waals surface area (Å²) in [4.78, 5) is 34.9. The van der Waals surface area contributed by atoms with Gasteiger partial charge in [0.1, 0.15) is 11.6 Å². The van der Waals surface area contributed by atoms with E-state index in [2.05, 4.69) is 10.6 Å². The Morgan fingerprint density at radius 3 is 2.29 bits per heavy atom. The largest absolute Gasteiger partial charge is 0.481 e. The van der Waals surface area contributed by atoms with Gasteiger partial charge in [0.05, 0.1) is 15.0 Å². The number of para-hydroxylation sites is 1. The van der Waals surface area contributed by atoms with Gasteiger partial charge in [0.2, 0.25) is 0 Å². The van der Waals surface area contributed by atoms with E-state index in [1.807, 2.05) is 6.07 Å². The summed E-state index contributed by atoms with van der Waals surface area (Å²) in [7, 11) is 0. The zero-order valence-corrected chi connectivity index (χ0v) is 19.3. The van der Waals surface area contributed by atoms with Crippen LogP contribution in [0, 0.1) is 21.4 Å². The van der Waals surface area contributed by atoms with Crippen LogP contribution in [-0.2, 0) is 9.59 Å². The van der Waals surface area contributed by atoms with E-state index in [0.717, 1.165) is 0 Å². The van der Waals surface area contributed by atoms with Crippen LogP contribution in [0.2, 0.25) is 10.0 Å². The van der Waals surface area contributed by atoms with Crippen molar-refractivity contribution in [1.82, 2.24) is 0 Å². The zero-order chi connectivity index (χ0) is 25.4. The van der Waals surface area contributed by atoms with E-state index < -0.39 is 16.7 Å². The number of carbonyl (C=O) groups is 2. The average molecular weight is 511 g/mol. The molecular weight excluding hydrogens is 495 g/mol. The third-order valence-corrected chi connectivity index (χ3v) is 4.98. The number of hydrogen-bond acceptors (Lipinski definition) is 6. The van der Waals surface area contributed by atoms with Gasteiger partial charge in [-0.2, -0.15) is 5.26 Å². The molecule has 0 fully saturated rings. The number of rotatable bonds is 8. The van der Waals surface area contributed by atoms with Crippen LogP contribution >= 0.6 is 23.2 Å². The molecule has 2 amide bonds. The summed E-state index contributed by atoms with van der Waals surface area (Å²) in [5.41, 5.74) is 0.577. The maximum absolute atomic E-state index is 12.5. The Labute approximate surface area is 209 Å². The average Bonchev–Trinajstić information content (AvgIpc) is 2.82. The number of hydrogen-bond donors (Lipinski definition) is 2. The first kappa shape index (κ1) is 25.2. The molecule has 0 atom stereocenters. The van der Waals surface area contributed by atoms with Gasteiger partial charge in [0.25, 0.3) is 17.5 Å². The molecule has 0 bridgehead atoms. The summed E-state index contributed by atoms with van der Waals surface area (Å²) in [5, 5.41) is 25.5. The molecule has 2 N–H and O–H groups in total. The lowest BCUT2D eigenvalue weighted by molar-refractivity contribution is -0.384. The highest BCUT2D eigenvalue weighted by molar-refractivity contribution is 6.37. The van der Waals surface area contributed by atoms with Gasteiger partial charge in [0, 0.05) is 23.5 Å². The van der Waals surface area contributed by atoms with Crippen LogP contribution in [-0.4, -0.2) is 23.3 Å². The van der Waals surface area contributed by atoms with Gasteiger partial charge in [-0.15, -0.1) is 0 Å². The summed E-state index contributed by atoms with van der Waals surface area (Å²) in [6, 6.07) is 18.7. The normalized spacial score (nSPS) is 10.7. The smallest absolute Gasteiger partial charge is 0.271 e. The molecule has 3 rings (SSSR count). The van der Waals surface area contributed by atoms with Gasteiger partial charge < -0.3 is 15.4 Å². The van der Waals surface area contributed by atoms with Crippen molar-refractivity contribution in [3.8, 4) is 11.8 Å². The Morgan fingerprint density at radius 1 is 1.00 bits per heavy atom. The Morgan fingerprint density at radius 2 is 1.66 bits per heavy atom. The number of anilines is 2. The van der Waals surface area contributed by atoms with Crippen molar-refractivity contribution >= 4 is 58.2 Å². The molecule has 0 aliphatic carbocycles. The minimum Gasteiger partial charge on any atom is -0.481 e. The molecule has 0 saturated carbocycles. The lowest BCUT2D eigenvalue weighted by Crippen LogP contribution is -2.20. The number of nitro benzene ring substituents is 1. The summed E-state index contributed by atoms with van der Waals surface area (Å²) >= 11 is 12.5. The highest BCUT2D eigenvalue weighted by atomic mass is 35.5. The number of carbonyl (C=O) groups excluding carboxylic acids is 2. The first-order chi connectivity index (χ1) is 16.8. The van der Waals surface area contributed by atoms with E-state index >= 15 is 0 Å². The highest BCUT2D eigenvalue weighted by Crippen LogP contribution is 2.35. The Bertz CT molecular complexity index is 1330. The fourth-order valence-corrected chi connectivity index (χ4v) is 3.48. The lowest BCUT2D eigenvalue weighted by Gasteiger charge is -2.11. The standard InChI is InChI=1S/C24H16Cl2N4O5/c25-20-10-15(9-16(13-27)24(32)29-18-7-4-8-19(12-18)30(33)34)11-21(26)23(20)35-14-22(31)28-17-5-2-1-3-6-17/h1-12H,14H2,(H,28,31)(H,29,32)/b16-9-.